The molecule has 1 amide bonds. The van der Waals surface area contributed by atoms with E-state index in [1.165, 1.54) is 43.2 Å². The van der Waals surface area contributed by atoms with Crippen molar-refractivity contribution in [2.45, 2.75) is 75.2 Å². The van der Waals surface area contributed by atoms with E-state index in [4.69, 9.17) is 4.74 Å². The topological polar surface area (TPSA) is 66.8 Å². The smallest absolute Gasteiger partial charge is 0.410 e. The van der Waals surface area contributed by atoms with E-state index in [9.17, 15) is 14.7 Å². The predicted octanol–water partition coefficient (Wildman–Crippen LogP) is 5.71. The van der Waals surface area contributed by atoms with Crippen molar-refractivity contribution in [1.82, 2.24) is 4.90 Å². The molecule has 6 aliphatic rings. The van der Waals surface area contributed by atoms with Crippen LogP contribution in [-0.4, -0.2) is 41.3 Å². The number of carbonyl (C=O) groups is 2. The summed E-state index contributed by atoms with van der Waals surface area (Å²) in [4.78, 5) is 26.5. The Labute approximate surface area is 198 Å². The fourth-order valence-corrected chi connectivity index (χ4v) is 9.15. The number of carboxylic acids is 1. The molecule has 1 saturated heterocycles. The van der Waals surface area contributed by atoms with Gasteiger partial charge >= 0.3 is 12.1 Å². The number of hydrogen-bond acceptors (Lipinski definition) is 3. The van der Waals surface area contributed by atoms with Crippen LogP contribution < -0.4 is 0 Å². The van der Waals surface area contributed by atoms with Gasteiger partial charge in [-0.05, 0) is 98.1 Å². The molecular formula is C26H32BrNO4. The molecule has 5 aliphatic carbocycles. The van der Waals surface area contributed by atoms with Crippen LogP contribution in [0, 0.1) is 23.7 Å². The van der Waals surface area contributed by atoms with E-state index >= 15 is 0 Å². The highest BCUT2D eigenvalue weighted by molar-refractivity contribution is 9.10. The highest BCUT2D eigenvalue weighted by Crippen LogP contribution is 2.56. The Bertz CT molecular complexity index is 910. The van der Waals surface area contributed by atoms with Crippen LogP contribution in [-0.2, 0) is 14.9 Å². The summed E-state index contributed by atoms with van der Waals surface area (Å²) in [5.74, 6) is 2.23. The molecule has 32 heavy (non-hydrogen) atoms. The van der Waals surface area contributed by atoms with Crippen molar-refractivity contribution in [1.29, 1.82) is 0 Å². The number of hydrogen-bond donors (Lipinski definition) is 1. The lowest BCUT2D eigenvalue weighted by molar-refractivity contribution is -0.137. The molecule has 5 fully saturated rings. The fraction of sp³-hybridized carbons (Fsp3) is 0.692. The van der Waals surface area contributed by atoms with Crippen LogP contribution >= 0.6 is 15.9 Å². The summed E-state index contributed by atoms with van der Waals surface area (Å²) in [5, 5.41) is 9.43. The number of halogens is 1. The monoisotopic (exact) mass is 501 g/mol. The molecule has 1 atom stereocenters. The van der Waals surface area contributed by atoms with Gasteiger partial charge in [0.15, 0.2) is 0 Å². The number of amides is 1. The molecule has 1 N–H and O–H groups in total. The Balaban J connectivity index is 1.14. The van der Waals surface area contributed by atoms with Crippen molar-refractivity contribution in [3.8, 4) is 0 Å². The number of benzene rings is 1. The SMILES string of the molecule is O=C(O)CC1CC2(CCN(C(=O)OC3C4CC5CC(C4)CC3C5)CC2)c2c(Br)cccc21. The van der Waals surface area contributed by atoms with Gasteiger partial charge in [0.25, 0.3) is 0 Å². The molecule has 4 bridgehead atoms. The maximum absolute atomic E-state index is 13.1. The summed E-state index contributed by atoms with van der Waals surface area (Å²) in [6.07, 6.45) is 9.20. The zero-order valence-corrected chi connectivity index (χ0v) is 20.1. The number of ether oxygens (including phenoxy) is 1. The standard InChI is InChI=1S/C26H32BrNO4/c27-21-3-1-2-20-19(13-22(29)30)14-26(23(20)21)4-6-28(7-5-26)25(31)32-24-17-9-15-8-16(11-17)12-18(24)10-15/h1-3,15-19,24H,4-14H2,(H,29,30). The molecular weight excluding hydrogens is 470 g/mol. The Morgan fingerprint density at radius 2 is 1.72 bits per heavy atom. The van der Waals surface area contributed by atoms with Crippen molar-refractivity contribution in [3.05, 3.63) is 33.8 Å². The maximum Gasteiger partial charge on any atom is 0.410 e. The van der Waals surface area contributed by atoms with E-state index in [1.807, 2.05) is 11.0 Å². The molecule has 1 spiro atoms. The highest BCUT2D eigenvalue weighted by atomic mass is 79.9. The largest absolute Gasteiger partial charge is 0.481 e. The molecule has 7 rings (SSSR count). The third-order valence-electron chi connectivity index (χ3n) is 9.43. The van der Waals surface area contributed by atoms with Crippen LogP contribution in [0.15, 0.2) is 22.7 Å². The normalized spacial score (nSPS) is 36.3. The minimum absolute atomic E-state index is 0.0467. The van der Waals surface area contributed by atoms with Crippen LogP contribution in [0.5, 0.6) is 0 Å². The van der Waals surface area contributed by atoms with Gasteiger partial charge < -0.3 is 14.7 Å². The third kappa shape index (κ3) is 3.39. The van der Waals surface area contributed by atoms with E-state index in [2.05, 4.69) is 28.1 Å². The summed E-state index contributed by atoms with van der Waals surface area (Å²) >= 11 is 3.74. The lowest BCUT2D eigenvalue weighted by atomic mass is 9.55. The van der Waals surface area contributed by atoms with Crippen molar-refractivity contribution >= 4 is 28.0 Å². The quantitative estimate of drug-likeness (QED) is 0.576. The van der Waals surface area contributed by atoms with E-state index in [0.29, 0.717) is 24.9 Å². The van der Waals surface area contributed by atoms with Crippen molar-refractivity contribution in [3.63, 3.8) is 0 Å². The lowest BCUT2D eigenvalue weighted by Crippen LogP contribution is -2.52. The molecule has 1 aromatic rings. The van der Waals surface area contributed by atoms with Gasteiger partial charge in [0, 0.05) is 23.0 Å². The Hall–Kier alpha value is -1.56. The number of aliphatic carboxylic acids is 1. The number of carboxylic acid groups (broad SMARTS) is 1. The first-order valence-corrected chi connectivity index (χ1v) is 13.2. The van der Waals surface area contributed by atoms with Crippen LogP contribution in [0.1, 0.15) is 74.8 Å². The molecule has 0 radical (unpaired) electrons. The molecule has 4 saturated carbocycles. The zero-order chi connectivity index (χ0) is 22.0. The van der Waals surface area contributed by atoms with Crippen LogP contribution in [0.2, 0.25) is 0 Å². The van der Waals surface area contributed by atoms with Gasteiger partial charge in [0.2, 0.25) is 0 Å². The highest BCUT2D eigenvalue weighted by Gasteiger charge is 2.51. The molecule has 1 aromatic carbocycles. The zero-order valence-electron chi connectivity index (χ0n) is 18.5. The molecule has 1 aliphatic heterocycles. The molecule has 1 unspecified atom stereocenters. The average molecular weight is 502 g/mol. The average Bonchev–Trinajstić information content (AvgIpc) is 3.04. The molecule has 1 heterocycles. The van der Waals surface area contributed by atoms with Crippen LogP contribution in [0.4, 0.5) is 4.79 Å². The lowest BCUT2D eigenvalue weighted by Gasteiger charge is -2.53. The van der Waals surface area contributed by atoms with Crippen molar-refractivity contribution < 1.29 is 19.4 Å². The maximum atomic E-state index is 13.1. The Morgan fingerprint density at radius 1 is 1.06 bits per heavy atom. The van der Waals surface area contributed by atoms with Crippen molar-refractivity contribution in [2.75, 3.05) is 13.1 Å². The van der Waals surface area contributed by atoms with Gasteiger partial charge in [0.1, 0.15) is 6.10 Å². The van der Waals surface area contributed by atoms with Crippen molar-refractivity contribution in [2.24, 2.45) is 23.7 Å². The first kappa shape index (κ1) is 21.0. The van der Waals surface area contributed by atoms with E-state index < -0.39 is 5.97 Å². The summed E-state index contributed by atoms with van der Waals surface area (Å²) in [6, 6.07) is 6.17. The van der Waals surface area contributed by atoms with Gasteiger partial charge in [-0.1, -0.05) is 28.1 Å². The minimum Gasteiger partial charge on any atom is -0.481 e. The second-order valence-electron chi connectivity index (χ2n) is 11.2. The number of nitrogens with zero attached hydrogens (tertiary/aromatic N) is 1. The first-order valence-electron chi connectivity index (χ1n) is 12.4. The molecule has 6 heteroatoms. The molecule has 172 valence electrons. The second kappa shape index (κ2) is 7.75. The van der Waals surface area contributed by atoms with E-state index in [-0.39, 0.29) is 30.0 Å². The van der Waals surface area contributed by atoms with E-state index in [0.717, 1.165) is 35.6 Å². The van der Waals surface area contributed by atoms with Gasteiger partial charge in [-0.25, -0.2) is 4.79 Å². The molecule has 5 nitrogen and oxygen atoms in total. The van der Waals surface area contributed by atoms with Crippen LogP contribution in [0.25, 0.3) is 0 Å². The number of likely N-dealkylation sites (tertiary alicyclic amines) is 1. The molecule has 0 aromatic heterocycles. The fourth-order valence-electron chi connectivity index (χ4n) is 8.35. The van der Waals surface area contributed by atoms with Gasteiger partial charge in [0.05, 0.1) is 6.42 Å². The van der Waals surface area contributed by atoms with E-state index in [1.54, 1.807) is 0 Å². The number of fused-ring (bicyclic) bond motifs is 2. The predicted molar refractivity (Wildman–Crippen MR) is 124 cm³/mol. The Morgan fingerprint density at radius 3 is 2.34 bits per heavy atom. The first-order chi connectivity index (χ1) is 15.4. The minimum atomic E-state index is -0.741. The third-order valence-corrected chi connectivity index (χ3v) is 10.1. The van der Waals surface area contributed by atoms with Crippen LogP contribution in [0.3, 0.4) is 0 Å². The van der Waals surface area contributed by atoms with Gasteiger partial charge in [-0.15, -0.1) is 0 Å². The summed E-state index contributed by atoms with van der Waals surface area (Å²) in [7, 11) is 0. The summed E-state index contributed by atoms with van der Waals surface area (Å²) < 4.78 is 7.26. The summed E-state index contributed by atoms with van der Waals surface area (Å²) in [5.41, 5.74) is 2.40. The number of carbonyl (C=O) groups excluding carboxylic acids is 1. The van der Waals surface area contributed by atoms with Gasteiger partial charge in [-0.2, -0.15) is 0 Å². The van der Waals surface area contributed by atoms with Gasteiger partial charge in [-0.3, -0.25) is 4.79 Å². The summed E-state index contributed by atoms with van der Waals surface area (Å²) in [6.45, 7) is 1.37. The second-order valence-corrected chi connectivity index (χ2v) is 12.1. The number of rotatable bonds is 3. The number of piperidine rings is 1. The Kier molecular flexibility index (Phi) is 5.09.